The number of rotatable bonds is 8. The minimum Gasteiger partial charge on any atom is -0.374 e. The first-order chi connectivity index (χ1) is 16.6. The number of hydrogen-bond donors (Lipinski definition) is 1. The smallest absolute Gasteiger partial charge is 0.244 e. The predicted octanol–water partition coefficient (Wildman–Crippen LogP) is 3.86. The van der Waals surface area contributed by atoms with Crippen LogP contribution in [0.5, 0.6) is 0 Å². The van der Waals surface area contributed by atoms with Crippen LogP contribution in [0, 0.1) is 0 Å². The van der Waals surface area contributed by atoms with E-state index in [4.69, 9.17) is 4.74 Å². The number of aromatic nitrogens is 1. The number of benzene rings is 2. The number of amides is 2. The molecule has 2 heterocycles. The lowest BCUT2D eigenvalue weighted by Crippen LogP contribution is -2.46. The van der Waals surface area contributed by atoms with Gasteiger partial charge in [-0.15, -0.1) is 11.3 Å². The van der Waals surface area contributed by atoms with Crippen LogP contribution in [-0.2, 0) is 20.9 Å². The summed E-state index contributed by atoms with van der Waals surface area (Å²) in [6.45, 7) is 5.13. The normalized spacial score (nSPS) is 16.4. The highest BCUT2D eigenvalue weighted by Crippen LogP contribution is 2.29. The second-order valence-corrected chi connectivity index (χ2v) is 8.87. The molecule has 1 aliphatic heterocycles. The monoisotopic (exact) mass is 476 g/mol. The molecular formula is C26H28N4O3S. The largest absolute Gasteiger partial charge is 0.374 e. The first-order valence-electron chi connectivity index (χ1n) is 11.2. The van der Waals surface area contributed by atoms with Gasteiger partial charge < -0.3 is 10.1 Å². The van der Waals surface area contributed by atoms with Gasteiger partial charge in [-0.25, -0.2) is 4.98 Å². The first kappa shape index (κ1) is 23.8. The number of carbonyl (C=O) groups excluding carboxylic acids is 2. The van der Waals surface area contributed by atoms with E-state index in [0.29, 0.717) is 24.0 Å². The molecule has 8 heteroatoms. The molecule has 4 rings (SSSR count). The Hall–Kier alpha value is -3.33. The average molecular weight is 477 g/mol. The van der Waals surface area contributed by atoms with E-state index >= 15 is 0 Å². The van der Waals surface area contributed by atoms with Crippen LogP contribution in [0.1, 0.15) is 18.2 Å². The number of hydrogen-bond acceptors (Lipinski definition) is 6. The molecule has 34 heavy (non-hydrogen) atoms. The number of nitrogens with zero attached hydrogens (tertiary/aromatic N) is 3. The maximum atomic E-state index is 12.3. The van der Waals surface area contributed by atoms with Gasteiger partial charge in [0.2, 0.25) is 11.8 Å². The second kappa shape index (κ2) is 11.7. The Morgan fingerprint density at radius 3 is 2.65 bits per heavy atom. The molecule has 1 saturated heterocycles. The molecule has 176 valence electrons. The Morgan fingerprint density at radius 1 is 1.18 bits per heavy atom. The van der Waals surface area contributed by atoms with Gasteiger partial charge in [-0.2, -0.15) is 0 Å². The summed E-state index contributed by atoms with van der Waals surface area (Å²) in [4.78, 5) is 32.9. The standard InChI is InChI=1S/C26H28N4O3S/c1-20(31)30(23-10-6-3-7-11-23)26-28-22(19-34-26)12-13-25(32)27-16-24-18-29(14-15-33-24)17-21-8-4-2-5-9-21/h2-13,19,24H,14-18H2,1H3,(H,27,32)/b13-12+. The molecule has 1 aromatic heterocycles. The molecule has 1 fully saturated rings. The minimum atomic E-state index is -0.204. The van der Waals surface area contributed by atoms with Crippen molar-refractivity contribution in [3.05, 3.63) is 83.4 Å². The lowest BCUT2D eigenvalue weighted by molar-refractivity contribution is -0.118. The van der Waals surface area contributed by atoms with Crippen molar-refractivity contribution in [1.82, 2.24) is 15.2 Å². The number of anilines is 2. The Labute approximate surface area is 203 Å². The fourth-order valence-electron chi connectivity index (χ4n) is 3.78. The lowest BCUT2D eigenvalue weighted by atomic mass is 10.2. The number of ether oxygens (including phenoxy) is 1. The highest BCUT2D eigenvalue weighted by molar-refractivity contribution is 7.14. The molecule has 0 spiro atoms. The third kappa shape index (κ3) is 6.60. The summed E-state index contributed by atoms with van der Waals surface area (Å²) in [5.74, 6) is -0.326. The highest BCUT2D eigenvalue weighted by Gasteiger charge is 2.21. The number of nitrogens with one attached hydrogen (secondary N) is 1. The fraction of sp³-hybridized carbons (Fsp3) is 0.269. The molecule has 7 nitrogen and oxygen atoms in total. The highest BCUT2D eigenvalue weighted by atomic mass is 32.1. The van der Waals surface area contributed by atoms with Crippen LogP contribution in [0.4, 0.5) is 10.8 Å². The summed E-state index contributed by atoms with van der Waals surface area (Å²) in [5, 5.41) is 5.30. The molecule has 2 aromatic carbocycles. The van der Waals surface area contributed by atoms with Gasteiger partial charge in [0.1, 0.15) is 0 Å². The Morgan fingerprint density at radius 2 is 1.91 bits per heavy atom. The molecule has 0 bridgehead atoms. The van der Waals surface area contributed by atoms with E-state index < -0.39 is 0 Å². The van der Waals surface area contributed by atoms with Crippen molar-refractivity contribution in [3.8, 4) is 0 Å². The molecule has 1 N–H and O–H groups in total. The van der Waals surface area contributed by atoms with Gasteiger partial charge >= 0.3 is 0 Å². The predicted molar refractivity (Wildman–Crippen MR) is 135 cm³/mol. The van der Waals surface area contributed by atoms with Gasteiger partial charge in [0, 0.05) is 44.6 Å². The molecule has 2 amide bonds. The fourth-order valence-corrected chi connectivity index (χ4v) is 4.64. The first-order valence-corrected chi connectivity index (χ1v) is 12.1. The van der Waals surface area contributed by atoms with Crippen molar-refractivity contribution < 1.29 is 14.3 Å². The zero-order chi connectivity index (χ0) is 23.8. The number of thiazole rings is 1. The van der Waals surface area contributed by atoms with Crippen molar-refractivity contribution in [2.45, 2.75) is 19.6 Å². The van der Waals surface area contributed by atoms with E-state index in [1.165, 1.54) is 29.9 Å². The summed E-state index contributed by atoms with van der Waals surface area (Å²) in [6.07, 6.45) is 3.07. The topological polar surface area (TPSA) is 74.8 Å². The maximum Gasteiger partial charge on any atom is 0.244 e. The summed E-state index contributed by atoms with van der Waals surface area (Å²) >= 11 is 1.35. The van der Waals surface area contributed by atoms with Gasteiger partial charge in [-0.05, 0) is 23.8 Å². The van der Waals surface area contributed by atoms with Gasteiger partial charge in [0.05, 0.1) is 24.1 Å². The van der Waals surface area contributed by atoms with Crippen LogP contribution in [0.2, 0.25) is 0 Å². The molecule has 1 aliphatic rings. The molecule has 1 unspecified atom stereocenters. The molecule has 0 radical (unpaired) electrons. The number of carbonyl (C=O) groups is 2. The molecular weight excluding hydrogens is 448 g/mol. The van der Waals surface area contributed by atoms with E-state index in [-0.39, 0.29) is 17.9 Å². The van der Waals surface area contributed by atoms with Crippen LogP contribution in [0.25, 0.3) is 6.08 Å². The number of morpholine rings is 1. The molecule has 1 atom stereocenters. The van der Waals surface area contributed by atoms with Crippen molar-refractivity contribution >= 4 is 40.0 Å². The van der Waals surface area contributed by atoms with Gasteiger partial charge in [0.15, 0.2) is 5.13 Å². The lowest BCUT2D eigenvalue weighted by Gasteiger charge is -2.33. The quantitative estimate of drug-likeness (QED) is 0.500. The molecule has 0 aliphatic carbocycles. The van der Waals surface area contributed by atoms with Crippen molar-refractivity contribution in [1.29, 1.82) is 0 Å². The third-order valence-corrected chi connectivity index (χ3v) is 6.26. The van der Waals surface area contributed by atoms with Crippen LogP contribution < -0.4 is 10.2 Å². The van der Waals surface area contributed by atoms with Crippen LogP contribution in [0.15, 0.2) is 72.1 Å². The Balaban J connectivity index is 1.28. The zero-order valence-electron chi connectivity index (χ0n) is 19.1. The Bertz CT molecular complexity index is 1120. The van der Waals surface area contributed by atoms with Crippen molar-refractivity contribution in [2.75, 3.05) is 31.1 Å². The SMILES string of the molecule is CC(=O)N(c1ccccc1)c1nc(/C=C/C(=O)NCC2CN(Cc3ccccc3)CCO2)cs1. The van der Waals surface area contributed by atoms with Gasteiger partial charge in [0.25, 0.3) is 0 Å². The maximum absolute atomic E-state index is 12.3. The van der Waals surface area contributed by atoms with Crippen LogP contribution >= 0.6 is 11.3 Å². The molecule has 0 saturated carbocycles. The van der Waals surface area contributed by atoms with Crippen LogP contribution in [0.3, 0.4) is 0 Å². The van der Waals surface area contributed by atoms with Crippen molar-refractivity contribution in [3.63, 3.8) is 0 Å². The van der Waals surface area contributed by atoms with E-state index in [1.54, 1.807) is 11.0 Å². The summed E-state index contributed by atoms with van der Waals surface area (Å²) in [7, 11) is 0. The summed E-state index contributed by atoms with van der Waals surface area (Å²) < 4.78 is 5.82. The third-order valence-electron chi connectivity index (χ3n) is 5.41. The van der Waals surface area contributed by atoms with E-state index in [0.717, 1.165) is 25.3 Å². The Kier molecular flexibility index (Phi) is 8.19. The number of para-hydroxylation sites is 1. The van der Waals surface area contributed by atoms with Gasteiger partial charge in [-0.3, -0.25) is 19.4 Å². The van der Waals surface area contributed by atoms with E-state index in [2.05, 4.69) is 27.3 Å². The van der Waals surface area contributed by atoms with Crippen LogP contribution in [-0.4, -0.2) is 54.0 Å². The van der Waals surface area contributed by atoms with E-state index in [1.807, 2.05) is 53.9 Å². The van der Waals surface area contributed by atoms with E-state index in [9.17, 15) is 9.59 Å². The second-order valence-electron chi connectivity index (χ2n) is 8.04. The average Bonchev–Trinajstić information content (AvgIpc) is 3.31. The minimum absolute atomic E-state index is 0.0457. The zero-order valence-corrected chi connectivity index (χ0v) is 19.9. The van der Waals surface area contributed by atoms with Gasteiger partial charge in [-0.1, -0.05) is 48.5 Å². The molecule has 3 aromatic rings. The summed E-state index contributed by atoms with van der Waals surface area (Å²) in [5.41, 5.74) is 2.65. The van der Waals surface area contributed by atoms with Crippen molar-refractivity contribution in [2.24, 2.45) is 0 Å². The summed E-state index contributed by atoms with van der Waals surface area (Å²) in [6, 6.07) is 19.7.